The van der Waals surface area contributed by atoms with Crippen LogP contribution in [0.3, 0.4) is 0 Å². The average Bonchev–Trinajstić information content (AvgIpc) is 3.08. The van der Waals surface area contributed by atoms with Crippen LogP contribution in [0.4, 0.5) is 13.2 Å². The van der Waals surface area contributed by atoms with Crippen LogP contribution < -0.4 is 5.32 Å². The van der Waals surface area contributed by atoms with E-state index in [1.807, 2.05) is 0 Å². The fourth-order valence-corrected chi connectivity index (χ4v) is 2.66. The predicted octanol–water partition coefficient (Wildman–Crippen LogP) is 3.38. The number of rotatable bonds is 6. The van der Waals surface area contributed by atoms with Crippen LogP contribution in [0.2, 0.25) is 0 Å². The lowest BCUT2D eigenvalue weighted by Gasteiger charge is -2.07. The van der Waals surface area contributed by atoms with Gasteiger partial charge in [0.15, 0.2) is 0 Å². The second kappa shape index (κ2) is 7.71. The Morgan fingerprint density at radius 3 is 2.64 bits per heavy atom. The van der Waals surface area contributed by atoms with Crippen LogP contribution in [0.25, 0.3) is 16.7 Å². The molecule has 0 aliphatic rings. The van der Waals surface area contributed by atoms with Crippen LogP contribution in [-0.2, 0) is 17.4 Å². The normalized spacial score (nSPS) is 11.5. The van der Waals surface area contributed by atoms with Crippen molar-refractivity contribution in [2.24, 2.45) is 0 Å². The van der Waals surface area contributed by atoms with Crippen molar-refractivity contribution in [2.75, 3.05) is 6.54 Å². The molecule has 0 bridgehead atoms. The summed E-state index contributed by atoms with van der Waals surface area (Å²) in [6.07, 6.45) is -2.01. The Hall–Kier alpha value is -3.36. The van der Waals surface area contributed by atoms with Crippen LogP contribution >= 0.6 is 0 Å². The molecular formula is C19H17F3N4O2. The Bertz CT molecular complexity index is 1030. The average molecular weight is 390 g/mol. The minimum Gasteiger partial charge on any atom is -0.506 e. The molecule has 146 valence electrons. The van der Waals surface area contributed by atoms with Gasteiger partial charge in [0, 0.05) is 6.54 Å². The van der Waals surface area contributed by atoms with Crippen LogP contribution in [0.5, 0.6) is 5.75 Å². The van der Waals surface area contributed by atoms with E-state index in [2.05, 4.69) is 22.1 Å². The molecule has 6 nitrogen and oxygen atoms in total. The monoisotopic (exact) mass is 390 g/mol. The minimum atomic E-state index is -4.47. The molecule has 3 aromatic rings. The molecule has 0 aliphatic heterocycles. The van der Waals surface area contributed by atoms with Gasteiger partial charge < -0.3 is 10.4 Å². The number of hydrogen-bond acceptors (Lipinski definition) is 4. The highest BCUT2D eigenvalue weighted by Crippen LogP contribution is 2.31. The van der Waals surface area contributed by atoms with Crippen molar-refractivity contribution in [3.8, 4) is 11.4 Å². The molecule has 0 saturated heterocycles. The highest BCUT2D eigenvalue weighted by molar-refractivity contribution is 5.86. The number of halogens is 3. The van der Waals surface area contributed by atoms with Crippen molar-refractivity contribution >= 4 is 16.9 Å². The van der Waals surface area contributed by atoms with Gasteiger partial charge in [0.05, 0.1) is 5.56 Å². The molecule has 2 aromatic carbocycles. The van der Waals surface area contributed by atoms with Crippen molar-refractivity contribution in [1.29, 1.82) is 0 Å². The predicted molar refractivity (Wildman–Crippen MR) is 97.1 cm³/mol. The molecule has 1 aromatic heterocycles. The van der Waals surface area contributed by atoms with Gasteiger partial charge in [-0.05, 0) is 54.8 Å². The zero-order valence-corrected chi connectivity index (χ0v) is 14.7. The summed E-state index contributed by atoms with van der Waals surface area (Å²) in [6, 6.07) is 7.96. The fraction of sp³-hybridized carbons (Fsp3) is 0.211. The number of benzene rings is 2. The highest BCUT2D eigenvalue weighted by Gasteiger charge is 2.31. The maximum absolute atomic E-state index is 12.9. The number of carbonyl (C=O) groups is 1. The summed E-state index contributed by atoms with van der Waals surface area (Å²) >= 11 is 0. The van der Waals surface area contributed by atoms with E-state index in [0.717, 1.165) is 22.5 Å². The van der Waals surface area contributed by atoms with Gasteiger partial charge in [0.1, 0.15) is 22.5 Å². The molecule has 1 amide bonds. The fourth-order valence-electron chi connectivity index (χ4n) is 2.66. The largest absolute Gasteiger partial charge is 0.506 e. The molecule has 9 heteroatoms. The topological polar surface area (TPSA) is 80.0 Å². The number of amides is 1. The Kier molecular flexibility index (Phi) is 5.34. The zero-order valence-electron chi connectivity index (χ0n) is 14.7. The first kappa shape index (κ1) is 19.4. The number of aryl methyl sites for hydroxylation is 1. The van der Waals surface area contributed by atoms with Crippen molar-refractivity contribution in [3.05, 3.63) is 60.2 Å². The molecule has 0 aliphatic carbocycles. The lowest BCUT2D eigenvalue weighted by Crippen LogP contribution is -2.22. The summed E-state index contributed by atoms with van der Waals surface area (Å²) in [6.45, 7) is 3.83. The number of phenols is 1. The smallest absolute Gasteiger partial charge is 0.416 e. The number of aromatic hydroxyl groups is 1. The van der Waals surface area contributed by atoms with Crippen molar-refractivity contribution in [2.45, 2.75) is 19.0 Å². The zero-order chi connectivity index (χ0) is 20.3. The summed E-state index contributed by atoms with van der Waals surface area (Å²) in [4.78, 5) is 12.2. The first-order chi connectivity index (χ1) is 13.3. The van der Waals surface area contributed by atoms with Crippen molar-refractivity contribution in [1.82, 2.24) is 20.3 Å². The number of aromatic nitrogens is 3. The second-order valence-electron chi connectivity index (χ2n) is 6.11. The van der Waals surface area contributed by atoms with Gasteiger partial charge in [-0.25, -0.2) is 0 Å². The van der Waals surface area contributed by atoms with Gasteiger partial charge in [0.25, 0.3) is 0 Å². The molecule has 0 saturated carbocycles. The first-order valence-corrected chi connectivity index (χ1v) is 8.45. The molecule has 0 fully saturated rings. The van der Waals surface area contributed by atoms with Gasteiger partial charge in [0.2, 0.25) is 5.91 Å². The van der Waals surface area contributed by atoms with E-state index in [1.165, 1.54) is 18.2 Å². The number of phenolic OH excluding ortho intramolecular Hbond substituents is 1. The third-order valence-corrected chi connectivity index (χ3v) is 4.09. The lowest BCUT2D eigenvalue weighted by molar-refractivity contribution is -0.137. The maximum Gasteiger partial charge on any atom is 0.416 e. The Labute approximate surface area is 158 Å². The number of hydrogen-bond donors (Lipinski definition) is 2. The molecule has 0 atom stereocenters. The Morgan fingerprint density at radius 2 is 1.93 bits per heavy atom. The number of fused-ring (bicyclic) bond motifs is 1. The number of carbonyl (C=O) groups excluding carboxylic acids is 1. The molecule has 0 radical (unpaired) electrons. The van der Waals surface area contributed by atoms with E-state index in [-0.39, 0.29) is 28.4 Å². The van der Waals surface area contributed by atoms with E-state index in [9.17, 15) is 23.1 Å². The van der Waals surface area contributed by atoms with Crippen molar-refractivity contribution in [3.63, 3.8) is 0 Å². The van der Waals surface area contributed by atoms with Gasteiger partial charge in [-0.15, -0.1) is 15.0 Å². The molecule has 2 N–H and O–H groups in total. The third kappa shape index (κ3) is 4.30. The van der Waals surface area contributed by atoms with Gasteiger partial charge in [-0.2, -0.15) is 13.2 Å². The molecular weight excluding hydrogens is 373 g/mol. The standard InChI is InChI=1S/C19H17F3N4O2/c1-2-18(28)23-9-3-4-12-5-8-17(27)16(10-12)26-24-14-7-6-13(19(20,21)22)11-15(14)25-26/h2,5-8,10-11,27H,1,3-4,9H2,(H,23,28). The number of nitrogens with one attached hydrogen (secondary N) is 1. The minimum absolute atomic E-state index is 0.0757. The Balaban J connectivity index is 1.82. The molecule has 28 heavy (non-hydrogen) atoms. The van der Waals surface area contributed by atoms with Crippen molar-refractivity contribution < 1.29 is 23.1 Å². The van der Waals surface area contributed by atoms with E-state index >= 15 is 0 Å². The van der Waals surface area contributed by atoms with E-state index in [4.69, 9.17) is 0 Å². The van der Waals surface area contributed by atoms with E-state index < -0.39 is 11.7 Å². The lowest BCUT2D eigenvalue weighted by atomic mass is 10.1. The molecule has 0 spiro atoms. The van der Waals surface area contributed by atoms with E-state index in [1.54, 1.807) is 12.1 Å². The summed E-state index contributed by atoms with van der Waals surface area (Å²) in [7, 11) is 0. The number of nitrogens with zero attached hydrogens (tertiary/aromatic N) is 3. The van der Waals surface area contributed by atoms with Crippen LogP contribution in [0.15, 0.2) is 49.1 Å². The molecule has 0 unspecified atom stereocenters. The van der Waals surface area contributed by atoms with Gasteiger partial charge in [-0.3, -0.25) is 4.79 Å². The maximum atomic E-state index is 12.9. The molecule has 3 rings (SSSR count). The summed E-state index contributed by atoms with van der Waals surface area (Å²) in [5.41, 5.74) is 0.665. The number of alkyl halides is 3. The summed E-state index contributed by atoms with van der Waals surface area (Å²) < 4.78 is 38.6. The third-order valence-electron chi connectivity index (χ3n) is 4.09. The van der Waals surface area contributed by atoms with E-state index in [0.29, 0.717) is 19.4 Å². The Morgan fingerprint density at radius 1 is 1.18 bits per heavy atom. The quantitative estimate of drug-likeness (QED) is 0.500. The summed E-state index contributed by atoms with van der Waals surface area (Å²) in [5, 5.41) is 21.0. The van der Waals surface area contributed by atoms with Crippen LogP contribution in [-0.4, -0.2) is 32.6 Å². The highest BCUT2D eigenvalue weighted by atomic mass is 19.4. The van der Waals surface area contributed by atoms with Crippen LogP contribution in [0, 0.1) is 0 Å². The first-order valence-electron chi connectivity index (χ1n) is 8.45. The summed E-state index contributed by atoms with van der Waals surface area (Å²) in [5.74, 6) is -0.350. The van der Waals surface area contributed by atoms with Crippen LogP contribution in [0.1, 0.15) is 17.5 Å². The van der Waals surface area contributed by atoms with Gasteiger partial charge >= 0.3 is 6.18 Å². The second-order valence-corrected chi connectivity index (χ2v) is 6.11. The SMILES string of the molecule is C=CC(=O)NCCCc1ccc(O)c(-n2nc3ccc(C(F)(F)F)cc3n2)c1. The molecule has 1 heterocycles. The van der Waals surface area contributed by atoms with Gasteiger partial charge in [-0.1, -0.05) is 12.6 Å².